The summed E-state index contributed by atoms with van der Waals surface area (Å²) in [4.78, 5) is 2.29. The third-order valence-corrected chi connectivity index (χ3v) is 4.13. The molecule has 3 nitrogen and oxygen atoms in total. The van der Waals surface area contributed by atoms with Gasteiger partial charge in [-0.3, -0.25) is 0 Å². The first-order valence-corrected chi connectivity index (χ1v) is 6.99. The SMILES string of the molecule is CNCC1=CNCN1[C@H]1CCc2c(F)cc(F)cc2C1. The van der Waals surface area contributed by atoms with Gasteiger partial charge in [0.15, 0.2) is 0 Å². The van der Waals surface area contributed by atoms with Crippen molar-refractivity contribution in [3.05, 3.63) is 46.8 Å². The molecule has 0 saturated carbocycles. The Bertz CT molecular complexity index is 542. The Morgan fingerprint density at radius 2 is 2.25 bits per heavy atom. The molecule has 2 N–H and O–H groups in total. The number of hydrogen-bond acceptors (Lipinski definition) is 3. The van der Waals surface area contributed by atoms with Gasteiger partial charge in [-0.15, -0.1) is 0 Å². The predicted molar refractivity (Wildman–Crippen MR) is 74.0 cm³/mol. The van der Waals surface area contributed by atoms with E-state index in [0.717, 1.165) is 31.3 Å². The van der Waals surface area contributed by atoms with Gasteiger partial charge in [-0.1, -0.05) is 0 Å². The summed E-state index contributed by atoms with van der Waals surface area (Å²) in [5.41, 5.74) is 2.71. The molecule has 20 heavy (non-hydrogen) atoms. The van der Waals surface area contributed by atoms with Crippen molar-refractivity contribution < 1.29 is 8.78 Å². The Morgan fingerprint density at radius 3 is 3.05 bits per heavy atom. The zero-order valence-electron chi connectivity index (χ0n) is 11.5. The Kier molecular flexibility index (Phi) is 3.61. The summed E-state index contributed by atoms with van der Waals surface area (Å²) in [6, 6.07) is 2.77. The first kappa shape index (κ1) is 13.4. The van der Waals surface area contributed by atoms with E-state index in [2.05, 4.69) is 15.5 Å². The zero-order chi connectivity index (χ0) is 14.1. The topological polar surface area (TPSA) is 27.3 Å². The van der Waals surface area contributed by atoms with Gasteiger partial charge < -0.3 is 15.5 Å². The molecule has 1 aliphatic carbocycles. The van der Waals surface area contributed by atoms with Gasteiger partial charge in [-0.25, -0.2) is 8.78 Å². The molecule has 0 bridgehead atoms. The van der Waals surface area contributed by atoms with E-state index < -0.39 is 11.6 Å². The minimum absolute atomic E-state index is 0.304. The van der Waals surface area contributed by atoms with Crippen molar-refractivity contribution in [2.45, 2.75) is 25.3 Å². The summed E-state index contributed by atoms with van der Waals surface area (Å²) in [7, 11) is 1.91. The van der Waals surface area contributed by atoms with Crippen molar-refractivity contribution in [3.63, 3.8) is 0 Å². The van der Waals surface area contributed by atoms with E-state index in [1.807, 2.05) is 13.2 Å². The average Bonchev–Trinajstić information content (AvgIpc) is 2.86. The highest BCUT2D eigenvalue weighted by Gasteiger charge is 2.29. The van der Waals surface area contributed by atoms with Crippen LogP contribution in [0.15, 0.2) is 24.0 Å². The fourth-order valence-electron chi connectivity index (χ4n) is 3.20. The lowest BCUT2D eigenvalue weighted by atomic mass is 9.87. The van der Waals surface area contributed by atoms with Crippen LogP contribution >= 0.6 is 0 Å². The van der Waals surface area contributed by atoms with Crippen LogP contribution in [0.2, 0.25) is 0 Å². The summed E-state index contributed by atoms with van der Waals surface area (Å²) in [5, 5.41) is 6.37. The molecule has 2 aliphatic rings. The smallest absolute Gasteiger partial charge is 0.129 e. The van der Waals surface area contributed by atoms with Crippen molar-refractivity contribution in [3.8, 4) is 0 Å². The number of fused-ring (bicyclic) bond motifs is 1. The largest absolute Gasteiger partial charge is 0.372 e. The molecule has 1 heterocycles. The van der Waals surface area contributed by atoms with Crippen LogP contribution in [0.3, 0.4) is 0 Å². The van der Waals surface area contributed by atoms with Gasteiger partial charge in [0.25, 0.3) is 0 Å². The number of rotatable bonds is 3. The number of benzene rings is 1. The van der Waals surface area contributed by atoms with E-state index in [0.29, 0.717) is 24.4 Å². The predicted octanol–water partition coefficient (Wildman–Crippen LogP) is 1.75. The van der Waals surface area contributed by atoms with Crippen molar-refractivity contribution in [2.75, 3.05) is 20.3 Å². The maximum atomic E-state index is 13.7. The summed E-state index contributed by atoms with van der Waals surface area (Å²) in [6.07, 6.45) is 4.29. The van der Waals surface area contributed by atoms with Crippen LogP contribution < -0.4 is 10.6 Å². The molecular weight excluding hydrogens is 260 g/mol. The van der Waals surface area contributed by atoms with Crippen LogP contribution in [0.5, 0.6) is 0 Å². The minimum Gasteiger partial charge on any atom is -0.372 e. The number of nitrogens with one attached hydrogen (secondary N) is 2. The zero-order valence-corrected chi connectivity index (χ0v) is 11.5. The van der Waals surface area contributed by atoms with Crippen LogP contribution in [-0.2, 0) is 12.8 Å². The highest BCUT2D eigenvalue weighted by molar-refractivity contribution is 5.33. The molecule has 108 valence electrons. The van der Waals surface area contributed by atoms with Crippen LogP contribution in [0.4, 0.5) is 8.78 Å². The molecule has 3 rings (SSSR count). The number of halogens is 2. The standard InChI is InChI=1S/C15H19F2N3/c1-18-7-13-8-19-9-20(13)12-2-3-14-10(5-12)4-11(16)6-15(14)17/h4,6,8,12,18-19H,2-3,5,7,9H2,1H3/t12-/m0/s1. The normalized spacial score (nSPS) is 21.4. The molecule has 0 unspecified atom stereocenters. The van der Waals surface area contributed by atoms with Crippen LogP contribution in [0.25, 0.3) is 0 Å². The molecule has 5 heteroatoms. The highest BCUT2D eigenvalue weighted by atomic mass is 19.1. The van der Waals surface area contributed by atoms with Gasteiger partial charge in [0.05, 0.1) is 6.67 Å². The van der Waals surface area contributed by atoms with Crippen molar-refractivity contribution in [1.82, 2.24) is 15.5 Å². The molecule has 0 saturated heterocycles. The van der Waals surface area contributed by atoms with Gasteiger partial charge in [-0.2, -0.15) is 0 Å². The second-order valence-electron chi connectivity index (χ2n) is 5.42. The monoisotopic (exact) mass is 279 g/mol. The van der Waals surface area contributed by atoms with Gasteiger partial charge in [0.2, 0.25) is 0 Å². The molecule has 1 aliphatic heterocycles. The number of hydrogen-bond donors (Lipinski definition) is 2. The molecule has 0 spiro atoms. The fraction of sp³-hybridized carbons (Fsp3) is 0.467. The van der Waals surface area contributed by atoms with E-state index in [9.17, 15) is 8.78 Å². The first-order chi connectivity index (χ1) is 9.69. The minimum atomic E-state index is -0.479. The van der Waals surface area contributed by atoms with E-state index in [-0.39, 0.29) is 0 Å². The van der Waals surface area contributed by atoms with Gasteiger partial charge in [0.1, 0.15) is 11.6 Å². The average molecular weight is 279 g/mol. The summed E-state index contributed by atoms with van der Waals surface area (Å²) in [5.74, 6) is -0.878. The third kappa shape index (κ3) is 2.38. The lowest BCUT2D eigenvalue weighted by molar-refractivity contribution is 0.237. The van der Waals surface area contributed by atoms with Crippen LogP contribution in [0, 0.1) is 11.6 Å². The third-order valence-electron chi connectivity index (χ3n) is 4.13. The van der Waals surface area contributed by atoms with E-state index in [4.69, 9.17) is 0 Å². The van der Waals surface area contributed by atoms with Crippen LogP contribution in [-0.4, -0.2) is 31.2 Å². The maximum Gasteiger partial charge on any atom is 0.129 e. The van der Waals surface area contributed by atoms with Gasteiger partial charge in [0, 0.05) is 30.5 Å². The van der Waals surface area contributed by atoms with Gasteiger partial charge >= 0.3 is 0 Å². The molecule has 0 amide bonds. The fourth-order valence-corrected chi connectivity index (χ4v) is 3.20. The highest BCUT2D eigenvalue weighted by Crippen LogP contribution is 2.29. The quantitative estimate of drug-likeness (QED) is 0.882. The van der Waals surface area contributed by atoms with Gasteiger partial charge in [-0.05, 0) is 43.5 Å². The second kappa shape index (κ2) is 5.40. The lowest BCUT2D eigenvalue weighted by Crippen LogP contribution is -2.40. The summed E-state index contributed by atoms with van der Waals surface area (Å²) in [6.45, 7) is 1.57. The summed E-state index contributed by atoms with van der Waals surface area (Å²) < 4.78 is 27.1. The molecule has 0 aromatic heterocycles. The molecule has 0 radical (unpaired) electrons. The molecule has 0 fully saturated rings. The van der Waals surface area contributed by atoms with E-state index in [1.54, 1.807) is 0 Å². The van der Waals surface area contributed by atoms with Crippen LogP contribution in [0.1, 0.15) is 17.5 Å². The molecule has 1 atom stereocenters. The van der Waals surface area contributed by atoms with E-state index >= 15 is 0 Å². The Morgan fingerprint density at radius 1 is 1.40 bits per heavy atom. The maximum absolute atomic E-state index is 13.7. The second-order valence-corrected chi connectivity index (χ2v) is 5.42. The van der Waals surface area contributed by atoms with Crippen molar-refractivity contribution >= 4 is 0 Å². The number of likely N-dealkylation sites (N-methyl/N-ethyl adjacent to an activating group) is 1. The molecule has 1 aromatic rings. The first-order valence-electron chi connectivity index (χ1n) is 6.99. The van der Waals surface area contributed by atoms with Crippen molar-refractivity contribution in [2.24, 2.45) is 0 Å². The number of nitrogens with zero attached hydrogens (tertiary/aromatic N) is 1. The lowest BCUT2D eigenvalue weighted by Gasteiger charge is -2.35. The van der Waals surface area contributed by atoms with E-state index in [1.165, 1.54) is 11.8 Å². The van der Waals surface area contributed by atoms with Crippen molar-refractivity contribution in [1.29, 1.82) is 0 Å². The molecular formula is C15H19F2N3. The summed E-state index contributed by atoms with van der Waals surface area (Å²) >= 11 is 0. The Balaban J connectivity index is 1.80. The Labute approximate surface area is 117 Å². The molecule has 1 aromatic carbocycles. The Hall–Kier alpha value is -1.62.